The average Bonchev–Trinajstić information content (AvgIpc) is 3.26. The zero-order valence-electron chi connectivity index (χ0n) is 16.7. The maximum atomic E-state index is 14.0. The predicted molar refractivity (Wildman–Crippen MR) is 112 cm³/mol. The smallest absolute Gasteiger partial charge is 0.262 e. The van der Waals surface area contributed by atoms with Crippen LogP contribution in [0.5, 0.6) is 0 Å². The first kappa shape index (κ1) is 22.4. The van der Waals surface area contributed by atoms with Crippen LogP contribution in [0.4, 0.5) is 4.39 Å². The van der Waals surface area contributed by atoms with Gasteiger partial charge in [-0.15, -0.1) is 11.3 Å². The van der Waals surface area contributed by atoms with Gasteiger partial charge in [-0.05, 0) is 29.5 Å². The molecule has 0 saturated carbocycles. The van der Waals surface area contributed by atoms with Crippen molar-refractivity contribution in [2.45, 2.75) is 24.8 Å². The minimum absolute atomic E-state index is 0.0616. The van der Waals surface area contributed by atoms with E-state index in [1.807, 2.05) is 13.8 Å². The first-order chi connectivity index (χ1) is 14.2. The molecule has 2 heterocycles. The third kappa shape index (κ3) is 4.71. The van der Waals surface area contributed by atoms with Gasteiger partial charge in [-0.3, -0.25) is 9.59 Å². The largest absolute Gasteiger partial charge is 0.339 e. The van der Waals surface area contributed by atoms with Crippen LogP contribution in [-0.2, 0) is 14.8 Å². The monoisotopic (exact) mass is 453 g/mol. The normalized spacial score (nSPS) is 16.5. The first-order valence-corrected chi connectivity index (χ1v) is 11.9. The maximum Gasteiger partial charge on any atom is 0.262 e. The molecule has 1 aliphatic rings. The van der Waals surface area contributed by atoms with E-state index in [9.17, 15) is 22.4 Å². The van der Waals surface area contributed by atoms with E-state index in [1.54, 1.807) is 22.4 Å². The lowest BCUT2D eigenvalue weighted by molar-refractivity contribution is -0.135. The van der Waals surface area contributed by atoms with Crippen LogP contribution < -0.4 is 5.32 Å². The molecule has 1 unspecified atom stereocenters. The lowest BCUT2D eigenvalue weighted by atomic mass is 10.0. The van der Waals surface area contributed by atoms with Crippen LogP contribution in [0.1, 0.15) is 23.5 Å². The summed E-state index contributed by atoms with van der Waals surface area (Å²) in [5.74, 6) is -1.50. The minimum Gasteiger partial charge on any atom is -0.339 e. The topological polar surface area (TPSA) is 86.8 Å². The van der Waals surface area contributed by atoms with Crippen LogP contribution >= 0.6 is 11.3 Å². The minimum atomic E-state index is -3.98. The number of thiophene rings is 1. The zero-order valence-corrected chi connectivity index (χ0v) is 18.4. The number of nitrogens with zero attached hydrogens (tertiary/aromatic N) is 2. The second-order valence-corrected chi connectivity index (χ2v) is 10.2. The van der Waals surface area contributed by atoms with Gasteiger partial charge in [0.2, 0.25) is 15.9 Å². The van der Waals surface area contributed by atoms with Crippen molar-refractivity contribution in [3.05, 3.63) is 52.5 Å². The van der Waals surface area contributed by atoms with Crippen molar-refractivity contribution in [1.29, 1.82) is 0 Å². The number of nitrogens with one attached hydrogen (secondary N) is 1. The number of benzene rings is 1. The van der Waals surface area contributed by atoms with Crippen molar-refractivity contribution >= 4 is 33.2 Å². The molecule has 3 rings (SSSR count). The summed E-state index contributed by atoms with van der Waals surface area (Å²) >= 11 is 1.29. The fraction of sp³-hybridized carbons (Fsp3) is 0.400. The molecule has 0 bridgehead atoms. The van der Waals surface area contributed by atoms with Crippen LogP contribution in [0.15, 0.2) is 46.7 Å². The van der Waals surface area contributed by atoms with Gasteiger partial charge in [0.05, 0.1) is 4.88 Å². The lowest BCUT2D eigenvalue weighted by Crippen LogP contribution is -2.57. The van der Waals surface area contributed by atoms with Gasteiger partial charge in [-0.2, -0.15) is 4.31 Å². The molecular weight excluding hydrogens is 429 g/mol. The van der Waals surface area contributed by atoms with E-state index in [-0.39, 0.29) is 48.8 Å². The highest BCUT2D eigenvalue weighted by atomic mass is 32.2. The van der Waals surface area contributed by atoms with Gasteiger partial charge in [0.15, 0.2) is 0 Å². The standard InChI is InChI=1S/C20H24FN3O4S2/c1-14(2)18(22-19(25)16-7-5-13-29-16)20(26)23-9-11-24(12-10-23)30(27,28)17-8-4-3-6-15(17)21/h3-8,13-14,18H,9-12H2,1-2H3,(H,22,25). The summed E-state index contributed by atoms with van der Waals surface area (Å²) in [4.78, 5) is 27.1. The number of hydrogen-bond acceptors (Lipinski definition) is 5. The van der Waals surface area contributed by atoms with Crippen LogP contribution in [-0.4, -0.2) is 61.7 Å². The number of hydrogen-bond donors (Lipinski definition) is 1. The Hall–Kier alpha value is -2.30. The predicted octanol–water partition coefficient (Wildman–Crippen LogP) is 2.17. The number of rotatable bonds is 6. The summed E-state index contributed by atoms with van der Waals surface area (Å²) in [5.41, 5.74) is 0. The zero-order chi connectivity index (χ0) is 21.9. The van der Waals surface area contributed by atoms with Crippen LogP contribution in [0.2, 0.25) is 0 Å². The molecule has 10 heteroatoms. The molecule has 1 N–H and O–H groups in total. The van der Waals surface area contributed by atoms with Gasteiger partial charge in [-0.25, -0.2) is 12.8 Å². The number of halogens is 1. The quantitative estimate of drug-likeness (QED) is 0.726. The second-order valence-electron chi connectivity index (χ2n) is 7.33. The number of piperazine rings is 1. The van der Waals surface area contributed by atoms with Gasteiger partial charge >= 0.3 is 0 Å². The van der Waals surface area contributed by atoms with Crippen molar-refractivity contribution in [3.8, 4) is 0 Å². The van der Waals surface area contributed by atoms with Crippen molar-refractivity contribution in [2.24, 2.45) is 5.92 Å². The molecule has 1 aromatic carbocycles. The SMILES string of the molecule is CC(C)C(NC(=O)c1cccs1)C(=O)N1CCN(S(=O)(=O)c2ccccc2F)CC1. The average molecular weight is 454 g/mol. The third-order valence-electron chi connectivity index (χ3n) is 4.97. The van der Waals surface area contributed by atoms with Gasteiger partial charge in [-0.1, -0.05) is 32.0 Å². The first-order valence-electron chi connectivity index (χ1n) is 9.59. The summed E-state index contributed by atoms with van der Waals surface area (Å²) in [6.45, 7) is 4.15. The summed E-state index contributed by atoms with van der Waals surface area (Å²) in [5, 5.41) is 4.58. The van der Waals surface area contributed by atoms with Gasteiger partial charge < -0.3 is 10.2 Å². The van der Waals surface area contributed by atoms with Crippen molar-refractivity contribution in [3.63, 3.8) is 0 Å². The highest BCUT2D eigenvalue weighted by molar-refractivity contribution is 7.89. The van der Waals surface area contributed by atoms with E-state index in [4.69, 9.17) is 0 Å². The molecule has 1 saturated heterocycles. The van der Waals surface area contributed by atoms with E-state index in [1.165, 1.54) is 33.8 Å². The Morgan fingerprint density at radius 1 is 1.07 bits per heavy atom. The summed E-state index contributed by atoms with van der Waals surface area (Å²) < 4.78 is 40.6. The molecule has 1 atom stereocenters. The molecule has 162 valence electrons. The Balaban J connectivity index is 1.66. The van der Waals surface area contributed by atoms with Gasteiger partial charge in [0, 0.05) is 26.2 Å². The summed E-state index contributed by atoms with van der Waals surface area (Å²) in [6.07, 6.45) is 0. The molecule has 0 aliphatic carbocycles. The molecular formula is C20H24FN3O4S2. The lowest BCUT2D eigenvalue weighted by Gasteiger charge is -2.36. The summed E-state index contributed by atoms with van der Waals surface area (Å²) in [7, 11) is -3.98. The number of amides is 2. The van der Waals surface area contributed by atoms with E-state index >= 15 is 0 Å². The molecule has 2 amide bonds. The highest BCUT2D eigenvalue weighted by Crippen LogP contribution is 2.21. The Bertz CT molecular complexity index is 1000. The molecule has 1 aliphatic heterocycles. The van der Waals surface area contributed by atoms with Gasteiger partial charge in [0.1, 0.15) is 16.8 Å². The molecule has 1 aromatic heterocycles. The van der Waals surface area contributed by atoms with Crippen LogP contribution in [0, 0.1) is 11.7 Å². The van der Waals surface area contributed by atoms with E-state index < -0.39 is 21.9 Å². The molecule has 1 fully saturated rings. The Morgan fingerprint density at radius 3 is 2.30 bits per heavy atom. The Labute approximate surface area is 179 Å². The molecule has 7 nitrogen and oxygen atoms in total. The Kier molecular flexibility index (Phi) is 6.89. The van der Waals surface area contributed by atoms with Crippen molar-refractivity contribution in [2.75, 3.05) is 26.2 Å². The van der Waals surface area contributed by atoms with E-state index in [0.29, 0.717) is 4.88 Å². The molecule has 30 heavy (non-hydrogen) atoms. The van der Waals surface area contributed by atoms with E-state index in [2.05, 4.69) is 5.32 Å². The Morgan fingerprint density at radius 2 is 1.73 bits per heavy atom. The van der Waals surface area contributed by atoms with Crippen molar-refractivity contribution < 1.29 is 22.4 Å². The number of carbonyl (C=O) groups excluding carboxylic acids is 2. The molecule has 0 radical (unpaired) electrons. The third-order valence-corrected chi connectivity index (χ3v) is 7.77. The molecule has 2 aromatic rings. The van der Waals surface area contributed by atoms with E-state index in [0.717, 1.165) is 6.07 Å². The highest BCUT2D eigenvalue weighted by Gasteiger charge is 2.35. The number of sulfonamides is 1. The summed E-state index contributed by atoms with van der Waals surface area (Å²) in [6, 6.07) is 7.98. The molecule has 0 spiro atoms. The van der Waals surface area contributed by atoms with Crippen molar-refractivity contribution in [1.82, 2.24) is 14.5 Å². The van der Waals surface area contributed by atoms with Crippen LogP contribution in [0.25, 0.3) is 0 Å². The number of carbonyl (C=O) groups is 2. The van der Waals surface area contributed by atoms with Gasteiger partial charge in [0.25, 0.3) is 5.91 Å². The maximum absolute atomic E-state index is 14.0. The second kappa shape index (κ2) is 9.23. The fourth-order valence-corrected chi connectivity index (χ4v) is 5.39. The van der Waals surface area contributed by atoms with Crippen LogP contribution in [0.3, 0.4) is 0 Å². The fourth-order valence-electron chi connectivity index (χ4n) is 3.27.